The second-order valence-electron chi connectivity index (χ2n) is 4.59. The number of hydrogen-bond donors (Lipinski definition) is 3. The van der Waals surface area contributed by atoms with Crippen molar-refractivity contribution in [1.29, 1.82) is 0 Å². The molecule has 0 fully saturated rings. The number of halogens is 2. The Kier molecular flexibility index (Phi) is 5.69. The number of benzene rings is 1. The van der Waals surface area contributed by atoms with E-state index in [1.807, 2.05) is 13.8 Å². The quantitative estimate of drug-likeness (QED) is 0.771. The van der Waals surface area contributed by atoms with E-state index < -0.39 is 17.7 Å². The van der Waals surface area contributed by atoms with Crippen molar-refractivity contribution in [1.82, 2.24) is 5.32 Å². The van der Waals surface area contributed by atoms with Gasteiger partial charge in [0, 0.05) is 24.4 Å². The maximum absolute atomic E-state index is 13.0. The minimum absolute atomic E-state index is 0.0334. The maximum Gasteiger partial charge on any atom is 0.319 e. The summed E-state index contributed by atoms with van der Waals surface area (Å²) in [6.07, 6.45) is 0.433. The summed E-state index contributed by atoms with van der Waals surface area (Å²) in [5.41, 5.74) is 0.169. The Hall–Kier alpha value is -1.69. The van der Waals surface area contributed by atoms with Crippen molar-refractivity contribution >= 4 is 11.7 Å². The van der Waals surface area contributed by atoms with Crippen molar-refractivity contribution in [3.8, 4) is 0 Å². The van der Waals surface area contributed by atoms with E-state index >= 15 is 0 Å². The van der Waals surface area contributed by atoms with E-state index in [4.69, 9.17) is 5.11 Å². The summed E-state index contributed by atoms with van der Waals surface area (Å²) in [5.74, 6) is -1.83. The van der Waals surface area contributed by atoms with Gasteiger partial charge >= 0.3 is 6.03 Å². The number of carbonyl (C=O) groups is 1. The number of anilines is 1. The predicted molar refractivity (Wildman–Crippen MR) is 68.8 cm³/mol. The molecule has 0 aliphatic rings. The monoisotopic (exact) mass is 272 g/mol. The van der Waals surface area contributed by atoms with Crippen LogP contribution in [0.3, 0.4) is 0 Å². The van der Waals surface area contributed by atoms with Crippen LogP contribution in [0.25, 0.3) is 0 Å². The minimum Gasteiger partial charge on any atom is -0.396 e. The van der Waals surface area contributed by atoms with Crippen LogP contribution in [0.5, 0.6) is 0 Å². The highest BCUT2D eigenvalue weighted by Gasteiger charge is 2.15. The summed E-state index contributed by atoms with van der Waals surface area (Å²) >= 11 is 0. The lowest BCUT2D eigenvalue weighted by molar-refractivity contribution is 0.227. The second kappa shape index (κ2) is 7.04. The van der Waals surface area contributed by atoms with Crippen molar-refractivity contribution in [2.24, 2.45) is 5.92 Å². The lowest BCUT2D eigenvalue weighted by Gasteiger charge is -2.21. The number of nitrogens with one attached hydrogen (secondary N) is 2. The van der Waals surface area contributed by atoms with Gasteiger partial charge < -0.3 is 15.7 Å². The molecule has 1 rings (SSSR count). The fourth-order valence-corrected chi connectivity index (χ4v) is 1.62. The number of carbonyl (C=O) groups excluding carboxylic acids is 1. The van der Waals surface area contributed by atoms with Crippen molar-refractivity contribution in [3.63, 3.8) is 0 Å². The average Bonchev–Trinajstić information content (AvgIpc) is 2.33. The Morgan fingerprint density at radius 3 is 2.53 bits per heavy atom. The smallest absolute Gasteiger partial charge is 0.319 e. The van der Waals surface area contributed by atoms with Gasteiger partial charge in [-0.1, -0.05) is 13.8 Å². The van der Waals surface area contributed by atoms with E-state index in [0.29, 0.717) is 6.42 Å². The Balaban J connectivity index is 2.61. The fraction of sp³-hybridized carbons (Fsp3) is 0.462. The molecule has 0 aromatic heterocycles. The first kappa shape index (κ1) is 15.4. The third-order valence-electron chi connectivity index (χ3n) is 2.74. The number of aliphatic hydroxyl groups excluding tert-OH is 1. The van der Waals surface area contributed by atoms with Crippen molar-refractivity contribution in [3.05, 3.63) is 29.8 Å². The van der Waals surface area contributed by atoms with E-state index in [2.05, 4.69) is 10.6 Å². The minimum atomic E-state index is -1.02. The van der Waals surface area contributed by atoms with Crippen LogP contribution in [-0.4, -0.2) is 23.8 Å². The molecule has 1 atom stereocenters. The van der Waals surface area contributed by atoms with Crippen molar-refractivity contribution < 1.29 is 18.7 Å². The number of aliphatic hydroxyl groups is 1. The Morgan fingerprint density at radius 2 is 2.00 bits per heavy atom. The Labute approximate surface area is 110 Å². The van der Waals surface area contributed by atoms with E-state index in [1.165, 1.54) is 6.07 Å². The van der Waals surface area contributed by atoms with Gasteiger partial charge in [-0.25, -0.2) is 13.6 Å². The summed E-state index contributed by atoms with van der Waals surface area (Å²) in [6, 6.07) is 2.42. The van der Waals surface area contributed by atoms with Crippen LogP contribution in [0.2, 0.25) is 0 Å². The fourth-order valence-electron chi connectivity index (χ4n) is 1.62. The first-order chi connectivity index (χ1) is 8.93. The molecule has 0 saturated heterocycles. The number of urea groups is 1. The third-order valence-corrected chi connectivity index (χ3v) is 2.74. The van der Waals surface area contributed by atoms with Crippen LogP contribution in [-0.2, 0) is 0 Å². The highest BCUT2D eigenvalue weighted by atomic mass is 19.2. The molecule has 0 heterocycles. The molecule has 1 aromatic carbocycles. The van der Waals surface area contributed by atoms with Crippen molar-refractivity contribution in [2.75, 3.05) is 11.9 Å². The zero-order valence-corrected chi connectivity index (χ0v) is 10.9. The summed E-state index contributed by atoms with van der Waals surface area (Å²) in [6.45, 7) is 3.80. The standard InChI is InChI=1S/C13H18F2N2O2/c1-8(2)12(5-6-18)17-13(19)16-9-3-4-10(14)11(15)7-9/h3-4,7-8,12,18H,5-6H2,1-2H3,(H2,16,17,19). The summed E-state index contributed by atoms with van der Waals surface area (Å²) in [5, 5.41) is 14.0. The van der Waals surface area contributed by atoms with Crippen molar-refractivity contribution in [2.45, 2.75) is 26.3 Å². The third kappa shape index (κ3) is 4.82. The van der Waals surface area contributed by atoms with Crippen LogP contribution in [0.4, 0.5) is 19.3 Å². The molecule has 1 unspecified atom stereocenters. The van der Waals surface area contributed by atoms with Gasteiger partial charge in [0.1, 0.15) is 0 Å². The lowest BCUT2D eigenvalue weighted by Crippen LogP contribution is -2.41. The molecule has 2 amide bonds. The summed E-state index contributed by atoms with van der Waals surface area (Å²) in [4.78, 5) is 11.7. The topological polar surface area (TPSA) is 61.4 Å². The van der Waals surface area contributed by atoms with Gasteiger partial charge in [0.2, 0.25) is 0 Å². The molecule has 0 bridgehead atoms. The molecular weight excluding hydrogens is 254 g/mol. The summed E-state index contributed by atoms with van der Waals surface area (Å²) in [7, 11) is 0. The normalized spacial score (nSPS) is 12.3. The van der Waals surface area contributed by atoms with E-state index in [0.717, 1.165) is 12.1 Å². The van der Waals surface area contributed by atoms with Gasteiger partial charge in [-0.15, -0.1) is 0 Å². The van der Waals surface area contributed by atoms with Gasteiger partial charge in [0.05, 0.1) is 0 Å². The van der Waals surface area contributed by atoms with Gasteiger partial charge in [-0.3, -0.25) is 0 Å². The van der Waals surface area contributed by atoms with Crippen LogP contribution in [0.1, 0.15) is 20.3 Å². The lowest BCUT2D eigenvalue weighted by atomic mass is 10.0. The Bertz CT molecular complexity index is 439. The molecule has 3 N–H and O–H groups in total. The largest absolute Gasteiger partial charge is 0.396 e. The van der Waals surface area contributed by atoms with E-state index in [9.17, 15) is 13.6 Å². The molecule has 19 heavy (non-hydrogen) atoms. The average molecular weight is 272 g/mol. The number of amides is 2. The molecule has 0 saturated carbocycles. The summed E-state index contributed by atoms with van der Waals surface area (Å²) < 4.78 is 25.7. The van der Waals surface area contributed by atoms with Gasteiger partial charge in [-0.05, 0) is 24.5 Å². The van der Waals surface area contributed by atoms with E-state index in [1.54, 1.807) is 0 Å². The zero-order valence-electron chi connectivity index (χ0n) is 10.9. The molecule has 106 valence electrons. The molecule has 6 heteroatoms. The molecule has 0 aliphatic heterocycles. The van der Waals surface area contributed by atoms with Crippen LogP contribution in [0, 0.1) is 17.6 Å². The molecule has 0 spiro atoms. The van der Waals surface area contributed by atoms with Crippen LogP contribution < -0.4 is 10.6 Å². The Morgan fingerprint density at radius 1 is 1.32 bits per heavy atom. The molecule has 0 aliphatic carbocycles. The first-order valence-corrected chi connectivity index (χ1v) is 6.07. The molecule has 0 radical (unpaired) electrons. The van der Waals surface area contributed by atoms with Crippen LogP contribution in [0.15, 0.2) is 18.2 Å². The highest BCUT2D eigenvalue weighted by molar-refractivity contribution is 5.89. The number of hydrogen-bond acceptors (Lipinski definition) is 2. The zero-order chi connectivity index (χ0) is 14.4. The molecular formula is C13H18F2N2O2. The highest BCUT2D eigenvalue weighted by Crippen LogP contribution is 2.13. The first-order valence-electron chi connectivity index (χ1n) is 6.07. The maximum atomic E-state index is 13.0. The van der Waals surface area contributed by atoms with Gasteiger partial charge in [0.25, 0.3) is 0 Å². The number of rotatable bonds is 5. The van der Waals surface area contributed by atoms with E-state index in [-0.39, 0.29) is 24.3 Å². The van der Waals surface area contributed by atoms with Crippen LogP contribution >= 0.6 is 0 Å². The predicted octanol–water partition coefficient (Wildman–Crippen LogP) is 2.49. The molecule has 1 aromatic rings. The SMILES string of the molecule is CC(C)C(CCO)NC(=O)Nc1ccc(F)c(F)c1. The van der Waals surface area contributed by atoms with Gasteiger partial charge in [0.15, 0.2) is 11.6 Å². The molecule has 4 nitrogen and oxygen atoms in total. The second-order valence-corrected chi connectivity index (χ2v) is 4.59. The van der Waals surface area contributed by atoms with Gasteiger partial charge in [-0.2, -0.15) is 0 Å².